The molecule has 0 spiro atoms. The van der Waals surface area contributed by atoms with Gasteiger partial charge in [0.15, 0.2) is 0 Å². The van der Waals surface area contributed by atoms with Crippen molar-refractivity contribution in [2.24, 2.45) is 17.3 Å². The molecule has 1 N–H and O–H groups in total. The van der Waals surface area contributed by atoms with E-state index in [0.717, 1.165) is 25.9 Å². The summed E-state index contributed by atoms with van der Waals surface area (Å²) in [5.41, 5.74) is 1.33. The molecule has 128 valence electrons. The summed E-state index contributed by atoms with van der Waals surface area (Å²) in [5, 5.41) is 3.59. The average molecular weight is 330 g/mol. The van der Waals surface area contributed by atoms with Gasteiger partial charge < -0.3 is 10.1 Å². The Balaban J connectivity index is 1.94. The van der Waals surface area contributed by atoms with Gasteiger partial charge in [-0.2, -0.15) is 0 Å². The normalized spacial score (nSPS) is 29.1. The van der Waals surface area contributed by atoms with Crippen molar-refractivity contribution >= 4 is 9.84 Å². The van der Waals surface area contributed by atoms with Gasteiger partial charge in [-0.1, -0.05) is 18.6 Å². The third-order valence-corrected chi connectivity index (χ3v) is 6.48. The maximum atomic E-state index is 11.8. The summed E-state index contributed by atoms with van der Waals surface area (Å²) in [6.45, 7) is 7.63. The van der Waals surface area contributed by atoms with Gasteiger partial charge in [0.1, 0.15) is 9.84 Å². The van der Waals surface area contributed by atoms with Crippen LogP contribution in [0, 0.1) is 17.3 Å². The van der Waals surface area contributed by atoms with Crippen molar-refractivity contribution in [3.05, 3.63) is 11.6 Å². The van der Waals surface area contributed by atoms with Gasteiger partial charge in [0.05, 0.1) is 5.75 Å². The highest BCUT2D eigenvalue weighted by molar-refractivity contribution is 7.90. The minimum absolute atomic E-state index is 0.151. The fraction of sp³-hybridized carbons (Fsp3) is 0.882. The molecule has 2 rings (SSSR count). The second-order valence-corrected chi connectivity index (χ2v) is 9.56. The number of sulfone groups is 1. The van der Waals surface area contributed by atoms with Gasteiger partial charge in [0.25, 0.3) is 0 Å². The van der Waals surface area contributed by atoms with E-state index in [0.29, 0.717) is 25.0 Å². The zero-order valence-corrected chi connectivity index (χ0v) is 15.0. The van der Waals surface area contributed by atoms with Crippen molar-refractivity contribution in [2.45, 2.75) is 39.5 Å². The zero-order valence-electron chi connectivity index (χ0n) is 14.2. The zero-order chi connectivity index (χ0) is 16.2. The van der Waals surface area contributed by atoms with Crippen LogP contribution in [-0.4, -0.2) is 46.7 Å². The number of allylic oxidation sites excluding steroid dienone is 1. The quantitative estimate of drug-likeness (QED) is 0.760. The predicted octanol–water partition coefficient (Wildman–Crippen LogP) is 2.41. The van der Waals surface area contributed by atoms with E-state index in [4.69, 9.17) is 4.74 Å². The van der Waals surface area contributed by atoms with Gasteiger partial charge >= 0.3 is 0 Å². The summed E-state index contributed by atoms with van der Waals surface area (Å²) < 4.78 is 29.0. The Morgan fingerprint density at radius 2 is 2.05 bits per heavy atom. The molecule has 0 aromatic carbocycles. The van der Waals surface area contributed by atoms with Crippen molar-refractivity contribution in [2.75, 3.05) is 38.3 Å². The number of hydrogen-bond acceptors (Lipinski definition) is 4. The maximum Gasteiger partial charge on any atom is 0.148 e. The lowest BCUT2D eigenvalue weighted by molar-refractivity contribution is 0.0252. The van der Waals surface area contributed by atoms with Gasteiger partial charge in [-0.15, -0.1) is 0 Å². The molecule has 0 amide bonds. The number of rotatable bonds is 6. The van der Waals surface area contributed by atoms with Crippen LogP contribution in [0.3, 0.4) is 0 Å². The van der Waals surface area contributed by atoms with Gasteiger partial charge in [-0.25, -0.2) is 8.42 Å². The Hall–Kier alpha value is -0.390. The van der Waals surface area contributed by atoms with Crippen molar-refractivity contribution in [3.8, 4) is 0 Å². The molecule has 1 saturated heterocycles. The number of nitrogens with one attached hydrogen (secondary N) is 1. The molecule has 4 nitrogen and oxygen atoms in total. The largest absolute Gasteiger partial charge is 0.381 e. The highest BCUT2D eigenvalue weighted by Crippen LogP contribution is 2.33. The second-order valence-electron chi connectivity index (χ2n) is 7.42. The van der Waals surface area contributed by atoms with Crippen molar-refractivity contribution < 1.29 is 13.2 Å². The molecule has 1 fully saturated rings. The number of hydrogen-bond donors (Lipinski definition) is 1. The molecular formula is C17H31NO3S. The monoisotopic (exact) mass is 329 g/mol. The van der Waals surface area contributed by atoms with Crippen molar-refractivity contribution in [3.63, 3.8) is 0 Å². The minimum Gasteiger partial charge on any atom is -0.381 e. The lowest BCUT2D eigenvalue weighted by Gasteiger charge is -2.38. The molecule has 22 heavy (non-hydrogen) atoms. The molecule has 2 aliphatic rings. The first-order chi connectivity index (χ1) is 10.3. The minimum atomic E-state index is -2.97. The molecule has 5 heteroatoms. The van der Waals surface area contributed by atoms with Crippen molar-refractivity contribution in [1.82, 2.24) is 5.32 Å². The van der Waals surface area contributed by atoms with Crippen LogP contribution in [0.25, 0.3) is 0 Å². The van der Waals surface area contributed by atoms with Crippen molar-refractivity contribution in [1.29, 1.82) is 0 Å². The summed E-state index contributed by atoms with van der Waals surface area (Å²) in [5.74, 6) is 1.56. The molecule has 1 aliphatic carbocycles. The van der Waals surface area contributed by atoms with E-state index in [1.165, 1.54) is 24.7 Å². The molecule has 1 aliphatic heterocycles. The van der Waals surface area contributed by atoms with E-state index in [2.05, 4.69) is 25.2 Å². The Morgan fingerprint density at radius 1 is 1.36 bits per heavy atom. The first kappa shape index (κ1) is 18.0. The average Bonchev–Trinajstić information content (AvgIpc) is 2.41. The molecule has 2 atom stereocenters. The van der Waals surface area contributed by atoms with E-state index < -0.39 is 9.84 Å². The summed E-state index contributed by atoms with van der Waals surface area (Å²) in [6.07, 6.45) is 7.82. The van der Waals surface area contributed by atoms with E-state index in [-0.39, 0.29) is 11.2 Å². The summed E-state index contributed by atoms with van der Waals surface area (Å²) in [6, 6.07) is 0. The van der Waals surface area contributed by atoms with Gasteiger partial charge in [0.2, 0.25) is 0 Å². The Bertz CT molecular complexity index is 492. The van der Waals surface area contributed by atoms with Crippen LogP contribution in [0.5, 0.6) is 0 Å². The molecule has 0 aromatic rings. The lowest BCUT2D eigenvalue weighted by Crippen LogP contribution is -2.45. The van der Waals surface area contributed by atoms with Gasteiger partial charge in [0, 0.05) is 38.0 Å². The predicted molar refractivity (Wildman–Crippen MR) is 90.7 cm³/mol. The fourth-order valence-corrected chi connectivity index (χ4v) is 5.47. The van der Waals surface area contributed by atoms with Crippen LogP contribution in [0.1, 0.15) is 39.5 Å². The molecule has 0 bridgehead atoms. The van der Waals surface area contributed by atoms with Gasteiger partial charge in [-0.05, 0) is 44.4 Å². The second kappa shape index (κ2) is 7.45. The standard InChI is InChI=1S/C17H31NO3S/c1-14-5-4-6-15(2)16(14)11-18-12-17(13-22(3,19)20)7-9-21-10-8-17/h5,15-16,18H,4,6-13H2,1-3H3/t15-,16-/m1/s1. The Labute approximate surface area is 135 Å². The van der Waals surface area contributed by atoms with Crippen LogP contribution in [0.2, 0.25) is 0 Å². The van der Waals surface area contributed by atoms with E-state index in [9.17, 15) is 8.42 Å². The summed E-state index contributed by atoms with van der Waals surface area (Å²) in [4.78, 5) is 0. The topological polar surface area (TPSA) is 55.4 Å². The molecule has 0 aromatic heterocycles. The van der Waals surface area contributed by atoms with Gasteiger partial charge in [-0.3, -0.25) is 0 Å². The third kappa shape index (κ3) is 5.07. The molecule has 0 saturated carbocycles. The summed E-state index contributed by atoms with van der Waals surface area (Å²) >= 11 is 0. The van der Waals surface area contributed by atoms with Crippen LogP contribution < -0.4 is 5.32 Å². The SMILES string of the molecule is CC1=CCC[C@@H](C)[C@@H]1CNCC1(CS(C)(=O)=O)CCOCC1. The highest BCUT2D eigenvalue weighted by atomic mass is 32.2. The Kier molecular flexibility index (Phi) is 6.08. The first-order valence-electron chi connectivity index (χ1n) is 8.44. The molecule has 1 heterocycles. The van der Waals surface area contributed by atoms with E-state index in [1.54, 1.807) is 0 Å². The molecule has 0 radical (unpaired) electrons. The molecular weight excluding hydrogens is 298 g/mol. The third-order valence-electron chi connectivity index (χ3n) is 5.35. The highest BCUT2D eigenvalue weighted by Gasteiger charge is 2.36. The van der Waals surface area contributed by atoms with Crippen LogP contribution in [0.4, 0.5) is 0 Å². The lowest BCUT2D eigenvalue weighted by atomic mass is 9.79. The van der Waals surface area contributed by atoms with Crippen LogP contribution in [-0.2, 0) is 14.6 Å². The Morgan fingerprint density at radius 3 is 2.64 bits per heavy atom. The first-order valence-corrected chi connectivity index (χ1v) is 10.5. The van der Waals surface area contributed by atoms with E-state index >= 15 is 0 Å². The smallest absolute Gasteiger partial charge is 0.148 e. The van der Waals surface area contributed by atoms with E-state index in [1.807, 2.05) is 0 Å². The van der Waals surface area contributed by atoms with Crippen LogP contribution in [0.15, 0.2) is 11.6 Å². The maximum absolute atomic E-state index is 11.8. The van der Waals surface area contributed by atoms with Crippen LogP contribution >= 0.6 is 0 Å². The molecule has 0 unspecified atom stereocenters. The number of ether oxygens (including phenoxy) is 1. The fourth-order valence-electron chi connectivity index (χ4n) is 3.96. The summed E-state index contributed by atoms with van der Waals surface area (Å²) in [7, 11) is -2.97.